The van der Waals surface area contributed by atoms with Crippen molar-refractivity contribution >= 4 is 5.97 Å². The molecule has 2 rings (SSSR count). The Morgan fingerprint density at radius 1 is 1.33 bits per heavy atom. The van der Waals surface area contributed by atoms with Crippen molar-refractivity contribution in [3.05, 3.63) is 48.0 Å². The van der Waals surface area contributed by atoms with Crippen LogP contribution in [0, 0.1) is 5.41 Å². The van der Waals surface area contributed by atoms with Crippen molar-refractivity contribution in [3.63, 3.8) is 0 Å². The van der Waals surface area contributed by atoms with E-state index >= 15 is 0 Å². The summed E-state index contributed by atoms with van der Waals surface area (Å²) < 4.78 is 30.1. The lowest BCUT2D eigenvalue weighted by Gasteiger charge is -2.07. The van der Waals surface area contributed by atoms with E-state index in [0.717, 1.165) is 11.6 Å². The number of ether oxygens (including phenoxy) is 1. The third-order valence-corrected chi connectivity index (χ3v) is 3.04. The highest BCUT2D eigenvalue weighted by Crippen LogP contribution is 2.51. The third-order valence-electron chi connectivity index (χ3n) is 3.04. The van der Waals surface area contributed by atoms with Gasteiger partial charge in [-0.3, -0.25) is 0 Å². The number of esters is 1. The fraction of sp³-hybridized carbons (Fsp3) is 0.357. The fourth-order valence-corrected chi connectivity index (χ4v) is 1.61. The Morgan fingerprint density at radius 3 is 2.56 bits per heavy atom. The fourth-order valence-electron chi connectivity index (χ4n) is 1.61. The molecule has 1 aromatic carbocycles. The van der Waals surface area contributed by atoms with Crippen LogP contribution in [0.3, 0.4) is 0 Å². The molecule has 1 fully saturated rings. The molecule has 1 aliphatic carbocycles. The minimum atomic E-state index is -2.41. The molecule has 0 amide bonds. The lowest BCUT2D eigenvalue weighted by Crippen LogP contribution is -2.10. The summed E-state index contributed by atoms with van der Waals surface area (Å²) >= 11 is 0. The number of alkyl halides is 2. The van der Waals surface area contributed by atoms with Crippen LogP contribution in [0.2, 0.25) is 0 Å². The number of hydrogen-bond acceptors (Lipinski definition) is 2. The van der Waals surface area contributed by atoms with Crippen molar-refractivity contribution in [2.24, 2.45) is 5.41 Å². The van der Waals surface area contributed by atoms with Gasteiger partial charge in [-0.2, -0.15) is 0 Å². The quantitative estimate of drug-likeness (QED) is 0.593. The number of benzene rings is 1. The molecular formula is C14H14F2O2. The van der Waals surface area contributed by atoms with Crippen molar-refractivity contribution in [1.82, 2.24) is 0 Å². The summed E-state index contributed by atoms with van der Waals surface area (Å²) in [7, 11) is 0. The number of carbonyl (C=O) groups is 1. The molecule has 4 heteroatoms. The van der Waals surface area contributed by atoms with Gasteiger partial charge in [0.25, 0.3) is 0 Å². The van der Waals surface area contributed by atoms with Crippen LogP contribution in [-0.2, 0) is 16.1 Å². The first-order valence-electron chi connectivity index (χ1n) is 5.80. The molecule has 0 N–H and O–H groups in total. The second-order valence-electron chi connectivity index (χ2n) is 4.46. The summed E-state index contributed by atoms with van der Waals surface area (Å²) in [5.41, 5.74) is -0.208. The van der Waals surface area contributed by atoms with Gasteiger partial charge in [0.15, 0.2) is 0 Å². The van der Waals surface area contributed by atoms with Crippen LogP contribution in [-0.4, -0.2) is 12.4 Å². The molecule has 18 heavy (non-hydrogen) atoms. The first-order valence-corrected chi connectivity index (χ1v) is 5.80. The SMILES string of the molecule is O=C(/C=C/C1(C(F)F)CC1)OCc1ccccc1. The molecule has 1 aromatic rings. The van der Waals surface area contributed by atoms with Gasteiger partial charge in [0, 0.05) is 11.5 Å². The largest absolute Gasteiger partial charge is 0.458 e. The van der Waals surface area contributed by atoms with Crippen molar-refractivity contribution in [3.8, 4) is 0 Å². The van der Waals surface area contributed by atoms with Crippen LogP contribution in [0.15, 0.2) is 42.5 Å². The minimum Gasteiger partial charge on any atom is -0.458 e. The van der Waals surface area contributed by atoms with E-state index in [1.807, 2.05) is 30.3 Å². The molecule has 0 saturated heterocycles. The second-order valence-corrected chi connectivity index (χ2v) is 4.46. The maximum Gasteiger partial charge on any atom is 0.330 e. The molecule has 0 heterocycles. The highest BCUT2D eigenvalue weighted by Gasteiger charge is 2.48. The van der Waals surface area contributed by atoms with E-state index in [2.05, 4.69) is 0 Å². The predicted octanol–water partition coefficient (Wildman–Crippen LogP) is 3.33. The molecule has 1 saturated carbocycles. The zero-order valence-corrected chi connectivity index (χ0v) is 9.81. The Balaban J connectivity index is 1.81. The summed E-state index contributed by atoms with van der Waals surface area (Å²) in [6.45, 7) is 0.158. The van der Waals surface area contributed by atoms with Gasteiger partial charge in [-0.25, -0.2) is 13.6 Å². The van der Waals surface area contributed by atoms with Crippen LogP contribution in [0.4, 0.5) is 8.78 Å². The molecule has 0 bridgehead atoms. The minimum absolute atomic E-state index is 0.158. The van der Waals surface area contributed by atoms with Crippen molar-refractivity contribution in [1.29, 1.82) is 0 Å². The molecular weight excluding hydrogens is 238 g/mol. The summed E-state index contributed by atoms with van der Waals surface area (Å²) in [6, 6.07) is 9.21. The lowest BCUT2D eigenvalue weighted by molar-refractivity contribution is -0.139. The normalized spacial score (nSPS) is 17.1. The summed E-state index contributed by atoms with van der Waals surface area (Å²) in [6.07, 6.45) is 0.864. The van der Waals surface area contributed by atoms with E-state index in [9.17, 15) is 13.6 Å². The molecule has 1 aliphatic rings. The zero-order valence-electron chi connectivity index (χ0n) is 9.81. The number of rotatable bonds is 5. The Bertz CT molecular complexity index is 436. The van der Waals surface area contributed by atoms with Gasteiger partial charge < -0.3 is 4.74 Å². The lowest BCUT2D eigenvalue weighted by atomic mass is 10.1. The monoisotopic (exact) mass is 252 g/mol. The predicted molar refractivity (Wildman–Crippen MR) is 63.0 cm³/mol. The number of carbonyl (C=O) groups excluding carboxylic acids is 1. The Labute approximate surface area is 104 Å². The van der Waals surface area contributed by atoms with E-state index in [-0.39, 0.29) is 6.61 Å². The molecule has 96 valence electrons. The van der Waals surface area contributed by atoms with Gasteiger partial charge in [-0.1, -0.05) is 36.4 Å². The Hall–Kier alpha value is -1.71. The standard InChI is InChI=1S/C14H14F2O2/c15-13(16)14(8-9-14)7-6-12(17)18-10-11-4-2-1-3-5-11/h1-7,13H,8-10H2/b7-6+. The van der Waals surface area contributed by atoms with Crippen LogP contribution < -0.4 is 0 Å². The van der Waals surface area contributed by atoms with Crippen molar-refractivity contribution in [2.45, 2.75) is 25.9 Å². The van der Waals surface area contributed by atoms with Gasteiger partial charge in [0.2, 0.25) is 6.43 Å². The molecule has 0 atom stereocenters. The molecule has 0 unspecified atom stereocenters. The van der Waals surface area contributed by atoms with Gasteiger partial charge in [0.05, 0.1) is 0 Å². The average Bonchev–Trinajstić information content (AvgIpc) is 3.16. The van der Waals surface area contributed by atoms with E-state index in [0.29, 0.717) is 12.8 Å². The molecule has 0 aromatic heterocycles. The van der Waals surface area contributed by atoms with E-state index in [1.54, 1.807) is 0 Å². The third kappa shape index (κ3) is 3.15. The number of halogens is 2. The topological polar surface area (TPSA) is 26.3 Å². The molecule has 0 spiro atoms. The van der Waals surface area contributed by atoms with Gasteiger partial charge in [-0.05, 0) is 18.4 Å². The van der Waals surface area contributed by atoms with Crippen LogP contribution in [0.5, 0.6) is 0 Å². The average molecular weight is 252 g/mol. The van der Waals surface area contributed by atoms with Crippen LogP contribution in [0.25, 0.3) is 0 Å². The van der Waals surface area contributed by atoms with E-state index < -0.39 is 17.8 Å². The zero-order chi connectivity index (χ0) is 13.0. The second kappa shape index (κ2) is 5.29. The smallest absolute Gasteiger partial charge is 0.330 e. The highest BCUT2D eigenvalue weighted by atomic mass is 19.3. The maximum absolute atomic E-state index is 12.6. The Morgan fingerprint density at radius 2 is 2.00 bits per heavy atom. The molecule has 2 nitrogen and oxygen atoms in total. The number of allylic oxidation sites excluding steroid dienone is 1. The first kappa shape index (κ1) is 12.7. The van der Waals surface area contributed by atoms with Gasteiger partial charge in [-0.15, -0.1) is 0 Å². The number of hydrogen-bond donors (Lipinski definition) is 0. The van der Waals surface area contributed by atoms with Crippen molar-refractivity contribution in [2.75, 3.05) is 0 Å². The van der Waals surface area contributed by atoms with Gasteiger partial charge >= 0.3 is 5.97 Å². The summed E-state index contributed by atoms with van der Waals surface area (Å²) in [5, 5.41) is 0. The summed E-state index contributed by atoms with van der Waals surface area (Å²) in [4.78, 5) is 11.4. The van der Waals surface area contributed by atoms with E-state index in [1.165, 1.54) is 6.08 Å². The molecule has 0 radical (unpaired) electrons. The molecule has 0 aliphatic heterocycles. The van der Waals surface area contributed by atoms with Crippen molar-refractivity contribution < 1.29 is 18.3 Å². The van der Waals surface area contributed by atoms with Crippen LogP contribution >= 0.6 is 0 Å². The maximum atomic E-state index is 12.6. The van der Waals surface area contributed by atoms with Gasteiger partial charge in [0.1, 0.15) is 6.61 Å². The summed E-state index contributed by atoms with van der Waals surface area (Å²) in [5.74, 6) is -0.578. The van der Waals surface area contributed by atoms with Crippen LogP contribution in [0.1, 0.15) is 18.4 Å². The Kier molecular flexibility index (Phi) is 3.75. The highest BCUT2D eigenvalue weighted by molar-refractivity contribution is 5.82. The first-order chi connectivity index (χ1) is 8.62. The van der Waals surface area contributed by atoms with E-state index in [4.69, 9.17) is 4.74 Å².